The van der Waals surface area contributed by atoms with Gasteiger partial charge in [-0.25, -0.2) is 0 Å². The molecule has 0 radical (unpaired) electrons. The first kappa shape index (κ1) is 17.5. The Hall–Kier alpha value is -2.37. The molecule has 1 atom stereocenters. The van der Waals surface area contributed by atoms with Crippen LogP contribution in [0.25, 0.3) is 0 Å². The van der Waals surface area contributed by atoms with E-state index in [1.807, 2.05) is 50.2 Å². The molecule has 0 saturated heterocycles. The van der Waals surface area contributed by atoms with E-state index in [1.54, 1.807) is 12.1 Å². The molecule has 3 rings (SSSR count). The third-order valence-corrected chi connectivity index (χ3v) is 4.55. The summed E-state index contributed by atoms with van der Waals surface area (Å²) in [7, 11) is 0. The second-order valence-corrected chi connectivity index (χ2v) is 6.74. The maximum absolute atomic E-state index is 13.0. The number of thiocarbonyl (C=S) groups is 1. The number of allylic oxidation sites excluding steroid dienone is 1. The number of amides is 1. The van der Waals surface area contributed by atoms with Gasteiger partial charge in [0, 0.05) is 16.4 Å². The van der Waals surface area contributed by atoms with Crippen molar-refractivity contribution in [3.05, 3.63) is 76.0 Å². The molecule has 0 spiro atoms. The summed E-state index contributed by atoms with van der Waals surface area (Å²) in [6.45, 7) is 3.77. The maximum Gasteiger partial charge on any atom is 0.255 e. The van der Waals surface area contributed by atoms with Gasteiger partial charge in [0.1, 0.15) is 0 Å². The van der Waals surface area contributed by atoms with Crippen molar-refractivity contribution in [2.75, 3.05) is 5.32 Å². The van der Waals surface area contributed by atoms with E-state index in [-0.39, 0.29) is 11.9 Å². The fourth-order valence-electron chi connectivity index (χ4n) is 2.81. The van der Waals surface area contributed by atoms with Crippen molar-refractivity contribution in [2.24, 2.45) is 0 Å². The van der Waals surface area contributed by atoms with Gasteiger partial charge in [0.15, 0.2) is 5.11 Å². The lowest BCUT2D eigenvalue weighted by atomic mass is 9.95. The zero-order valence-electron chi connectivity index (χ0n) is 13.9. The van der Waals surface area contributed by atoms with Crippen LogP contribution in [0.2, 0.25) is 5.02 Å². The number of carbonyl (C=O) groups is 1. The average molecular weight is 372 g/mol. The van der Waals surface area contributed by atoms with E-state index in [1.165, 1.54) is 0 Å². The molecule has 6 heteroatoms. The van der Waals surface area contributed by atoms with Crippen molar-refractivity contribution in [3.63, 3.8) is 0 Å². The normalized spacial score (nSPS) is 16.9. The molecule has 2 aromatic rings. The lowest BCUT2D eigenvalue weighted by Crippen LogP contribution is -2.45. The topological polar surface area (TPSA) is 53.2 Å². The number of benzene rings is 2. The first-order valence-corrected chi connectivity index (χ1v) is 8.65. The minimum Gasteiger partial charge on any atom is -0.351 e. The first-order chi connectivity index (χ1) is 12.0. The van der Waals surface area contributed by atoms with Crippen molar-refractivity contribution in [1.29, 1.82) is 0 Å². The summed E-state index contributed by atoms with van der Waals surface area (Å²) in [5.41, 5.74) is 3.94. The third-order valence-electron chi connectivity index (χ3n) is 4.09. The standard InChI is InChI=1S/C19H18ClN3OS/c1-11-8-9-14(20)10-15(11)22-18(24)16-12(2)21-19(25)23-17(16)13-6-4-3-5-7-13/h3-10,17H,1-2H3,(H,22,24)(H2,21,23,25). The minimum absolute atomic E-state index is 0.195. The van der Waals surface area contributed by atoms with Gasteiger partial charge in [-0.15, -0.1) is 0 Å². The molecular formula is C19H18ClN3OS. The Morgan fingerprint density at radius 2 is 1.88 bits per heavy atom. The van der Waals surface area contributed by atoms with E-state index < -0.39 is 0 Å². The Morgan fingerprint density at radius 3 is 2.60 bits per heavy atom. The maximum atomic E-state index is 13.0. The lowest BCUT2D eigenvalue weighted by molar-refractivity contribution is -0.113. The second kappa shape index (κ2) is 7.25. The predicted octanol–water partition coefficient (Wildman–Crippen LogP) is 4.08. The molecule has 1 aliphatic heterocycles. The van der Waals surface area contributed by atoms with Crippen molar-refractivity contribution < 1.29 is 4.79 Å². The van der Waals surface area contributed by atoms with Gasteiger partial charge in [0.05, 0.1) is 11.6 Å². The minimum atomic E-state index is -0.311. The SMILES string of the molecule is CC1=C(C(=O)Nc2cc(Cl)ccc2C)C(c2ccccc2)NC(=S)N1. The number of rotatable bonds is 3. The number of nitrogens with one attached hydrogen (secondary N) is 3. The van der Waals surface area contributed by atoms with Crippen LogP contribution in [0.3, 0.4) is 0 Å². The van der Waals surface area contributed by atoms with Gasteiger partial charge in [-0.2, -0.15) is 0 Å². The molecule has 0 bridgehead atoms. The number of halogens is 1. The van der Waals surface area contributed by atoms with Crippen molar-refractivity contribution >= 4 is 40.5 Å². The van der Waals surface area contributed by atoms with Crippen LogP contribution in [0.1, 0.15) is 24.1 Å². The van der Waals surface area contributed by atoms with Crippen LogP contribution >= 0.6 is 23.8 Å². The van der Waals surface area contributed by atoms with Crippen LogP contribution < -0.4 is 16.0 Å². The molecule has 25 heavy (non-hydrogen) atoms. The molecule has 0 aromatic heterocycles. The molecular weight excluding hydrogens is 354 g/mol. The molecule has 0 aliphatic carbocycles. The van der Waals surface area contributed by atoms with Gasteiger partial charge >= 0.3 is 0 Å². The summed E-state index contributed by atoms with van der Waals surface area (Å²) in [5.74, 6) is -0.195. The highest BCUT2D eigenvalue weighted by molar-refractivity contribution is 7.80. The van der Waals surface area contributed by atoms with Crippen LogP contribution in [-0.2, 0) is 4.79 Å². The van der Waals surface area contributed by atoms with E-state index in [4.69, 9.17) is 23.8 Å². The summed E-state index contributed by atoms with van der Waals surface area (Å²) in [6, 6.07) is 14.9. The van der Waals surface area contributed by atoms with E-state index in [9.17, 15) is 4.79 Å². The molecule has 1 aliphatic rings. The Morgan fingerprint density at radius 1 is 1.16 bits per heavy atom. The number of hydrogen-bond donors (Lipinski definition) is 3. The molecule has 1 amide bonds. The summed E-state index contributed by atoms with van der Waals surface area (Å²) in [4.78, 5) is 13.0. The van der Waals surface area contributed by atoms with Gasteiger partial charge < -0.3 is 16.0 Å². The van der Waals surface area contributed by atoms with Crippen molar-refractivity contribution in [2.45, 2.75) is 19.9 Å². The zero-order valence-corrected chi connectivity index (χ0v) is 15.5. The number of carbonyl (C=O) groups excluding carboxylic acids is 1. The van der Waals surface area contributed by atoms with Gasteiger partial charge in [-0.05, 0) is 49.3 Å². The molecule has 0 fully saturated rings. The molecule has 1 unspecified atom stereocenters. The molecule has 3 N–H and O–H groups in total. The third kappa shape index (κ3) is 3.83. The fourth-order valence-corrected chi connectivity index (χ4v) is 3.25. The summed E-state index contributed by atoms with van der Waals surface area (Å²) in [6.07, 6.45) is 0. The van der Waals surface area contributed by atoms with Crippen molar-refractivity contribution in [1.82, 2.24) is 10.6 Å². The van der Waals surface area contributed by atoms with Crippen LogP contribution in [-0.4, -0.2) is 11.0 Å². The first-order valence-electron chi connectivity index (χ1n) is 7.86. The predicted molar refractivity (Wildman–Crippen MR) is 106 cm³/mol. The number of hydrogen-bond acceptors (Lipinski definition) is 2. The summed E-state index contributed by atoms with van der Waals surface area (Å²) < 4.78 is 0. The quantitative estimate of drug-likeness (QED) is 0.711. The summed E-state index contributed by atoms with van der Waals surface area (Å²) >= 11 is 11.3. The van der Waals surface area contributed by atoms with Gasteiger partial charge in [0.25, 0.3) is 5.91 Å². The van der Waals surface area contributed by atoms with Gasteiger partial charge in [-0.3, -0.25) is 4.79 Å². The Balaban J connectivity index is 1.96. The van der Waals surface area contributed by atoms with E-state index >= 15 is 0 Å². The van der Waals surface area contributed by atoms with Crippen LogP contribution in [0.15, 0.2) is 59.8 Å². The highest BCUT2D eigenvalue weighted by Crippen LogP contribution is 2.28. The highest BCUT2D eigenvalue weighted by atomic mass is 35.5. The molecule has 1 heterocycles. The monoisotopic (exact) mass is 371 g/mol. The highest BCUT2D eigenvalue weighted by Gasteiger charge is 2.29. The van der Waals surface area contributed by atoms with E-state index in [0.717, 1.165) is 16.8 Å². The van der Waals surface area contributed by atoms with Crippen molar-refractivity contribution in [3.8, 4) is 0 Å². The number of anilines is 1. The lowest BCUT2D eigenvalue weighted by Gasteiger charge is -2.30. The fraction of sp³-hybridized carbons (Fsp3) is 0.158. The Bertz CT molecular complexity index is 864. The van der Waals surface area contributed by atoms with E-state index in [2.05, 4.69) is 16.0 Å². The van der Waals surface area contributed by atoms with Gasteiger partial charge in [0.2, 0.25) is 0 Å². The zero-order chi connectivity index (χ0) is 18.0. The Kier molecular flexibility index (Phi) is 5.06. The molecule has 0 saturated carbocycles. The average Bonchev–Trinajstić information content (AvgIpc) is 2.58. The van der Waals surface area contributed by atoms with Gasteiger partial charge in [-0.1, -0.05) is 48.0 Å². The number of aryl methyl sites for hydroxylation is 1. The molecule has 128 valence electrons. The van der Waals surface area contributed by atoms with Crippen LogP contribution in [0, 0.1) is 6.92 Å². The van der Waals surface area contributed by atoms with Crippen LogP contribution in [0.5, 0.6) is 0 Å². The summed E-state index contributed by atoms with van der Waals surface area (Å²) in [5, 5.41) is 10.3. The molecule has 2 aromatic carbocycles. The van der Waals surface area contributed by atoms with E-state index in [0.29, 0.717) is 21.4 Å². The Labute approximate surface area is 157 Å². The second-order valence-electron chi connectivity index (χ2n) is 5.89. The largest absolute Gasteiger partial charge is 0.351 e. The van der Waals surface area contributed by atoms with Crippen LogP contribution in [0.4, 0.5) is 5.69 Å². The molecule has 4 nitrogen and oxygen atoms in total. The smallest absolute Gasteiger partial charge is 0.255 e.